The van der Waals surface area contributed by atoms with Gasteiger partial charge in [-0.1, -0.05) is 18.2 Å². The van der Waals surface area contributed by atoms with E-state index in [0.717, 1.165) is 28.0 Å². The third-order valence-electron chi connectivity index (χ3n) is 3.65. The van der Waals surface area contributed by atoms with Crippen LogP contribution in [0, 0.1) is 13.8 Å². The average molecular weight is 282 g/mol. The molecule has 3 aromatic rings. The second-order valence-corrected chi connectivity index (χ2v) is 5.14. The molecular weight excluding hydrogens is 264 g/mol. The van der Waals surface area contributed by atoms with Crippen molar-refractivity contribution in [1.29, 1.82) is 0 Å². The van der Waals surface area contributed by atoms with Crippen molar-refractivity contribution in [2.24, 2.45) is 5.73 Å². The van der Waals surface area contributed by atoms with E-state index in [9.17, 15) is 4.79 Å². The van der Waals surface area contributed by atoms with Crippen molar-refractivity contribution in [3.05, 3.63) is 58.0 Å². The van der Waals surface area contributed by atoms with Crippen LogP contribution < -0.4 is 11.3 Å². The fourth-order valence-corrected chi connectivity index (χ4v) is 2.76. The third kappa shape index (κ3) is 2.15. The highest BCUT2D eigenvalue weighted by molar-refractivity contribution is 5.83. The first-order valence-corrected chi connectivity index (χ1v) is 6.98. The number of hydrogen-bond acceptors (Lipinski definition) is 3. The molecule has 0 aliphatic heterocycles. The van der Waals surface area contributed by atoms with Gasteiger partial charge in [0.15, 0.2) is 0 Å². The van der Waals surface area contributed by atoms with E-state index in [-0.39, 0.29) is 5.56 Å². The average Bonchev–Trinajstić information content (AvgIpc) is 2.82. The van der Waals surface area contributed by atoms with Crippen LogP contribution in [-0.4, -0.2) is 20.9 Å². The van der Waals surface area contributed by atoms with Gasteiger partial charge in [0.2, 0.25) is 0 Å². The lowest BCUT2D eigenvalue weighted by Gasteiger charge is -2.11. The van der Waals surface area contributed by atoms with Crippen molar-refractivity contribution >= 4 is 11.0 Å². The highest BCUT2D eigenvalue weighted by atomic mass is 16.1. The van der Waals surface area contributed by atoms with E-state index >= 15 is 0 Å². The van der Waals surface area contributed by atoms with Gasteiger partial charge >= 0.3 is 0 Å². The monoisotopic (exact) mass is 282 g/mol. The number of fused-ring (bicyclic) bond motifs is 1. The van der Waals surface area contributed by atoms with Gasteiger partial charge in [-0.2, -0.15) is 5.10 Å². The number of aromatic nitrogens is 3. The van der Waals surface area contributed by atoms with E-state index in [1.54, 1.807) is 10.6 Å². The Bertz CT molecular complexity index is 846. The van der Waals surface area contributed by atoms with Crippen LogP contribution in [0.2, 0.25) is 0 Å². The molecule has 2 N–H and O–H groups in total. The lowest BCUT2D eigenvalue weighted by atomic mass is 10.1. The summed E-state index contributed by atoms with van der Waals surface area (Å²) >= 11 is 0. The molecule has 108 valence electrons. The van der Waals surface area contributed by atoms with Crippen LogP contribution in [0.25, 0.3) is 16.7 Å². The summed E-state index contributed by atoms with van der Waals surface area (Å²) in [5, 5.41) is 5.64. The maximum Gasteiger partial charge on any atom is 0.252 e. The van der Waals surface area contributed by atoms with E-state index in [1.165, 1.54) is 0 Å². The van der Waals surface area contributed by atoms with Crippen molar-refractivity contribution < 1.29 is 0 Å². The maximum absolute atomic E-state index is 12.3. The van der Waals surface area contributed by atoms with Crippen LogP contribution in [0.1, 0.15) is 11.3 Å². The molecule has 0 unspecified atom stereocenters. The molecule has 3 rings (SSSR count). The fraction of sp³-hybridized carbons (Fsp3) is 0.250. The SMILES string of the molecule is Cc1cc(=O)n(CCN)c2c1c(C)nn2-c1ccccc1. The van der Waals surface area contributed by atoms with Gasteiger partial charge in [0.05, 0.1) is 11.4 Å². The maximum atomic E-state index is 12.3. The molecule has 2 heterocycles. The Hall–Kier alpha value is -2.40. The molecule has 0 saturated carbocycles. The van der Waals surface area contributed by atoms with Gasteiger partial charge in [-0.05, 0) is 31.5 Å². The van der Waals surface area contributed by atoms with Gasteiger partial charge in [0.1, 0.15) is 5.65 Å². The van der Waals surface area contributed by atoms with Crippen molar-refractivity contribution in [2.45, 2.75) is 20.4 Å². The number of para-hydroxylation sites is 1. The summed E-state index contributed by atoms with van der Waals surface area (Å²) < 4.78 is 3.53. The van der Waals surface area contributed by atoms with Crippen molar-refractivity contribution in [1.82, 2.24) is 14.3 Å². The molecule has 21 heavy (non-hydrogen) atoms. The van der Waals surface area contributed by atoms with Gasteiger partial charge in [0.25, 0.3) is 5.56 Å². The molecule has 0 aliphatic carbocycles. The summed E-state index contributed by atoms with van der Waals surface area (Å²) in [5.74, 6) is 0. The normalized spacial score (nSPS) is 11.2. The van der Waals surface area contributed by atoms with Gasteiger partial charge in [-0.25, -0.2) is 4.68 Å². The van der Waals surface area contributed by atoms with Crippen LogP contribution >= 0.6 is 0 Å². The molecule has 0 amide bonds. The van der Waals surface area contributed by atoms with Crippen LogP contribution in [-0.2, 0) is 6.54 Å². The standard InChI is InChI=1S/C16H18N4O/c1-11-10-14(21)19(9-8-17)16-15(11)12(2)18-20(16)13-6-4-3-5-7-13/h3-7,10H,8-9,17H2,1-2H3. The zero-order valence-electron chi connectivity index (χ0n) is 12.2. The fourth-order valence-electron chi connectivity index (χ4n) is 2.76. The molecule has 5 nitrogen and oxygen atoms in total. The lowest BCUT2D eigenvalue weighted by molar-refractivity contribution is 0.684. The molecule has 1 aromatic carbocycles. The number of pyridine rings is 1. The zero-order chi connectivity index (χ0) is 15.0. The van der Waals surface area contributed by atoms with E-state index in [1.807, 2.05) is 48.9 Å². The Kier molecular flexibility index (Phi) is 3.35. The highest BCUT2D eigenvalue weighted by Gasteiger charge is 2.16. The van der Waals surface area contributed by atoms with E-state index in [0.29, 0.717) is 13.1 Å². The molecule has 0 saturated heterocycles. The lowest BCUT2D eigenvalue weighted by Crippen LogP contribution is -2.25. The second kappa shape index (κ2) is 5.18. The predicted octanol–water partition coefficient (Wildman–Crippen LogP) is 1.76. The van der Waals surface area contributed by atoms with Gasteiger partial charge < -0.3 is 5.73 Å². The van der Waals surface area contributed by atoms with Gasteiger partial charge in [0, 0.05) is 24.5 Å². The van der Waals surface area contributed by atoms with E-state index in [2.05, 4.69) is 5.10 Å². The molecule has 0 spiro atoms. The van der Waals surface area contributed by atoms with Crippen LogP contribution in [0.5, 0.6) is 0 Å². The van der Waals surface area contributed by atoms with Crippen molar-refractivity contribution in [3.8, 4) is 5.69 Å². The largest absolute Gasteiger partial charge is 0.329 e. The number of nitrogens with two attached hydrogens (primary N) is 1. The Morgan fingerprint density at radius 3 is 2.57 bits per heavy atom. The minimum absolute atomic E-state index is 0.0393. The van der Waals surface area contributed by atoms with E-state index < -0.39 is 0 Å². The summed E-state index contributed by atoms with van der Waals surface area (Å²) in [6.45, 7) is 4.80. The molecule has 2 aromatic heterocycles. The van der Waals surface area contributed by atoms with Crippen LogP contribution in [0.15, 0.2) is 41.2 Å². The topological polar surface area (TPSA) is 65.8 Å². The molecule has 5 heteroatoms. The smallest absolute Gasteiger partial charge is 0.252 e. The summed E-state index contributed by atoms with van der Waals surface area (Å²) in [6, 6.07) is 11.5. The number of hydrogen-bond donors (Lipinski definition) is 1. The first-order valence-electron chi connectivity index (χ1n) is 6.98. The van der Waals surface area contributed by atoms with Crippen LogP contribution in [0.3, 0.4) is 0 Å². The van der Waals surface area contributed by atoms with E-state index in [4.69, 9.17) is 5.73 Å². The first kappa shape index (κ1) is 13.6. The summed E-state index contributed by atoms with van der Waals surface area (Å²) in [4.78, 5) is 12.3. The van der Waals surface area contributed by atoms with Crippen molar-refractivity contribution in [3.63, 3.8) is 0 Å². The predicted molar refractivity (Wildman–Crippen MR) is 83.9 cm³/mol. The molecule has 0 atom stereocenters. The molecule has 0 fully saturated rings. The summed E-state index contributed by atoms with van der Waals surface area (Å²) in [7, 11) is 0. The third-order valence-corrected chi connectivity index (χ3v) is 3.65. The van der Waals surface area contributed by atoms with Crippen LogP contribution in [0.4, 0.5) is 0 Å². The Balaban J connectivity index is 2.44. The van der Waals surface area contributed by atoms with Crippen molar-refractivity contribution in [2.75, 3.05) is 6.54 Å². The van der Waals surface area contributed by atoms with Gasteiger partial charge in [-0.15, -0.1) is 0 Å². The number of benzene rings is 1. The number of rotatable bonds is 3. The molecule has 0 bridgehead atoms. The quantitative estimate of drug-likeness (QED) is 0.796. The number of aryl methyl sites for hydroxylation is 2. The summed E-state index contributed by atoms with van der Waals surface area (Å²) in [6.07, 6.45) is 0. The molecular formula is C16H18N4O. The highest BCUT2D eigenvalue weighted by Crippen LogP contribution is 2.23. The zero-order valence-corrected chi connectivity index (χ0v) is 12.2. The number of nitrogens with zero attached hydrogens (tertiary/aromatic N) is 3. The second-order valence-electron chi connectivity index (χ2n) is 5.14. The minimum Gasteiger partial charge on any atom is -0.329 e. The Morgan fingerprint density at radius 1 is 1.19 bits per heavy atom. The minimum atomic E-state index is -0.0393. The molecule has 0 radical (unpaired) electrons. The van der Waals surface area contributed by atoms with Gasteiger partial charge in [-0.3, -0.25) is 9.36 Å². The Morgan fingerprint density at radius 2 is 1.90 bits per heavy atom. The summed E-state index contributed by atoms with van der Waals surface area (Å²) in [5.41, 5.74) is 9.24. The Labute approximate surface area is 122 Å². The first-order chi connectivity index (χ1) is 10.1. The molecule has 0 aliphatic rings.